The molecule has 2 aromatic heterocycles. The van der Waals surface area contributed by atoms with E-state index in [1.807, 2.05) is 0 Å². The Balaban J connectivity index is 1.25. The molecule has 4 saturated carbocycles. The molecule has 1 aliphatic heterocycles. The number of hydrogen-bond acceptors (Lipinski definition) is 6. The Morgan fingerprint density at radius 1 is 0.875 bits per heavy atom. The van der Waals surface area contributed by atoms with Gasteiger partial charge in [-0.15, -0.1) is 10.2 Å². The molecule has 2 bridgehead atoms. The van der Waals surface area contributed by atoms with E-state index in [9.17, 15) is 26.3 Å². The van der Waals surface area contributed by atoms with E-state index in [1.54, 1.807) is 0 Å². The van der Waals surface area contributed by atoms with Gasteiger partial charge in [-0.2, -0.15) is 26.3 Å². The zero-order chi connectivity index (χ0) is 28.3. The van der Waals surface area contributed by atoms with Crippen LogP contribution in [0.5, 0.6) is 0 Å². The van der Waals surface area contributed by atoms with Crippen molar-refractivity contribution in [2.45, 2.75) is 73.7 Å². The zero-order valence-electron chi connectivity index (χ0n) is 22.2. The molecule has 1 aromatic carbocycles. The number of rotatable bonds is 4. The third-order valence-corrected chi connectivity index (χ3v) is 10.7. The highest BCUT2D eigenvalue weighted by Crippen LogP contribution is 2.75. The van der Waals surface area contributed by atoms with Crippen molar-refractivity contribution in [1.29, 1.82) is 0 Å². The van der Waals surface area contributed by atoms with Crippen molar-refractivity contribution >= 4 is 16.6 Å². The monoisotopic (exact) mass is 565 g/mol. The first-order valence-electron chi connectivity index (χ1n) is 13.5. The minimum atomic E-state index is -4.64. The molecule has 4 aliphatic carbocycles. The van der Waals surface area contributed by atoms with Crippen LogP contribution in [0.4, 0.5) is 32.0 Å². The first-order chi connectivity index (χ1) is 18.8. The topological polar surface area (TPSA) is 58.3 Å². The highest BCUT2D eigenvalue weighted by molar-refractivity contribution is 5.94. The summed E-state index contributed by atoms with van der Waals surface area (Å²) in [7, 11) is 4.18. The summed E-state index contributed by atoms with van der Waals surface area (Å²) in [5, 5.41) is 8.73. The summed E-state index contributed by atoms with van der Waals surface area (Å²) in [5.74, 6) is 0.413. The Bertz CT molecular complexity index is 1470. The minimum absolute atomic E-state index is 0.0129. The molecular formula is C28H29F6N5O. The summed E-state index contributed by atoms with van der Waals surface area (Å²) in [5.41, 5.74) is -4.65. The number of fused-ring (bicyclic) bond motifs is 5. The molecule has 0 N–H and O–H groups in total. The number of nitrogens with zero attached hydrogens (tertiary/aromatic N) is 5. The molecule has 214 valence electrons. The second-order valence-corrected chi connectivity index (χ2v) is 12.5. The molecule has 0 radical (unpaired) electrons. The second kappa shape index (κ2) is 7.89. The Kier molecular flexibility index (Phi) is 5.14. The van der Waals surface area contributed by atoms with Crippen molar-refractivity contribution in [3.05, 3.63) is 47.8 Å². The molecule has 0 spiro atoms. The normalized spacial score (nSPS) is 33.7. The van der Waals surface area contributed by atoms with Gasteiger partial charge in [0.1, 0.15) is 5.41 Å². The molecular weight excluding hydrogens is 536 g/mol. The summed E-state index contributed by atoms with van der Waals surface area (Å²) in [6, 6.07) is 5.09. The lowest BCUT2D eigenvalue weighted by Gasteiger charge is -2.54. The molecule has 40 heavy (non-hydrogen) atoms. The lowest BCUT2D eigenvalue weighted by atomic mass is 9.57. The summed E-state index contributed by atoms with van der Waals surface area (Å²) >= 11 is 0. The highest BCUT2D eigenvalue weighted by atomic mass is 19.4. The van der Waals surface area contributed by atoms with Crippen LogP contribution in [0.15, 0.2) is 34.9 Å². The van der Waals surface area contributed by atoms with Crippen LogP contribution in [-0.4, -0.2) is 59.0 Å². The highest BCUT2D eigenvalue weighted by Gasteiger charge is 2.86. The molecule has 12 heteroatoms. The van der Waals surface area contributed by atoms with E-state index in [2.05, 4.69) is 34.2 Å². The molecule has 2 atom stereocenters. The largest absolute Gasteiger partial charge is 0.424 e. The van der Waals surface area contributed by atoms with Crippen LogP contribution in [0.1, 0.15) is 62.3 Å². The van der Waals surface area contributed by atoms with Crippen LogP contribution in [0.2, 0.25) is 0 Å². The van der Waals surface area contributed by atoms with Crippen LogP contribution in [-0.2, 0) is 17.0 Å². The smallest absolute Gasteiger partial charge is 0.418 e. The molecule has 8 rings (SSSR count). The van der Waals surface area contributed by atoms with Crippen molar-refractivity contribution in [2.24, 2.45) is 5.41 Å². The fraction of sp³-hybridized carbons (Fsp3) is 0.607. The molecule has 5 fully saturated rings. The van der Waals surface area contributed by atoms with Gasteiger partial charge < -0.3 is 14.2 Å². The average Bonchev–Trinajstić information content (AvgIpc) is 3.22. The first-order valence-corrected chi connectivity index (χ1v) is 13.5. The van der Waals surface area contributed by atoms with Gasteiger partial charge in [-0.1, -0.05) is 0 Å². The van der Waals surface area contributed by atoms with Gasteiger partial charge in [-0.3, -0.25) is 4.98 Å². The average molecular weight is 566 g/mol. The van der Waals surface area contributed by atoms with E-state index in [1.165, 1.54) is 29.3 Å². The number of hydrogen-bond donors (Lipinski definition) is 0. The zero-order valence-corrected chi connectivity index (χ0v) is 22.2. The van der Waals surface area contributed by atoms with Crippen LogP contribution in [0.3, 0.4) is 0 Å². The third-order valence-electron chi connectivity index (χ3n) is 10.7. The second-order valence-electron chi connectivity index (χ2n) is 12.5. The molecule has 0 unspecified atom stereocenters. The summed E-state index contributed by atoms with van der Waals surface area (Å²) < 4.78 is 91.2. The van der Waals surface area contributed by atoms with Gasteiger partial charge in [0.05, 0.1) is 16.5 Å². The lowest BCUT2D eigenvalue weighted by molar-refractivity contribution is -0.187. The number of benzene rings is 1. The van der Waals surface area contributed by atoms with E-state index in [4.69, 9.17) is 4.42 Å². The van der Waals surface area contributed by atoms with Crippen LogP contribution in [0, 0.1) is 5.41 Å². The maximum atomic E-state index is 14.7. The van der Waals surface area contributed by atoms with E-state index in [-0.39, 0.29) is 46.4 Å². The van der Waals surface area contributed by atoms with Gasteiger partial charge in [0.15, 0.2) is 0 Å². The van der Waals surface area contributed by atoms with Crippen molar-refractivity contribution < 1.29 is 30.8 Å². The Labute approximate surface area is 226 Å². The number of piperidine rings is 1. The predicted molar refractivity (Wildman–Crippen MR) is 134 cm³/mol. The fourth-order valence-electron chi connectivity index (χ4n) is 8.02. The van der Waals surface area contributed by atoms with E-state index >= 15 is 0 Å². The minimum Gasteiger partial charge on any atom is -0.424 e. The van der Waals surface area contributed by atoms with Crippen molar-refractivity contribution in [1.82, 2.24) is 20.1 Å². The maximum Gasteiger partial charge on any atom is 0.418 e. The van der Waals surface area contributed by atoms with Gasteiger partial charge in [0, 0.05) is 41.3 Å². The molecule has 6 nitrogen and oxygen atoms in total. The number of aromatic nitrogens is 3. The van der Waals surface area contributed by atoms with Gasteiger partial charge in [0.2, 0.25) is 11.8 Å². The molecule has 1 saturated heterocycles. The quantitative estimate of drug-likeness (QED) is 0.349. The molecule has 3 heterocycles. The van der Waals surface area contributed by atoms with Crippen molar-refractivity contribution in [3.63, 3.8) is 0 Å². The van der Waals surface area contributed by atoms with E-state index in [0.29, 0.717) is 5.89 Å². The Morgan fingerprint density at radius 3 is 2.17 bits per heavy atom. The third kappa shape index (κ3) is 3.31. The van der Waals surface area contributed by atoms with E-state index < -0.39 is 35.3 Å². The van der Waals surface area contributed by atoms with Crippen molar-refractivity contribution in [2.75, 3.05) is 32.1 Å². The fourth-order valence-corrected chi connectivity index (χ4v) is 8.02. The van der Waals surface area contributed by atoms with Gasteiger partial charge >= 0.3 is 12.4 Å². The molecule has 5 aliphatic rings. The van der Waals surface area contributed by atoms with E-state index in [0.717, 1.165) is 44.6 Å². The van der Waals surface area contributed by atoms with Gasteiger partial charge in [-0.25, -0.2) is 0 Å². The number of alkyl halides is 6. The van der Waals surface area contributed by atoms with Crippen molar-refractivity contribution in [3.8, 4) is 0 Å². The summed E-state index contributed by atoms with van der Waals surface area (Å²) in [6.45, 7) is -0.486. The number of anilines is 1. The van der Waals surface area contributed by atoms with Crippen LogP contribution < -0.4 is 4.90 Å². The number of pyridine rings is 1. The van der Waals surface area contributed by atoms with Crippen LogP contribution >= 0.6 is 0 Å². The van der Waals surface area contributed by atoms with Crippen LogP contribution in [0.25, 0.3) is 10.9 Å². The summed E-state index contributed by atoms with van der Waals surface area (Å²) in [6.07, 6.45) is -2.68. The Morgan fingerprint density at radius 2 is 1.55 bits per heavy atom. The standard InChI is InChI=1S/C28H29F6N5O/c1-38(2)24-10-7-23(8-11-24,9-12-24)21-36-37-22(40-21)25-14-26(25,28(32,33)34)16-39(15-25)19-6-5-18(27(29,30)31)20-17(19)4-3-13-35-20/h3-6,13H,7-12,14-16H2,1-2H3/t23?,24?,25-,26-/m0/s1. The molecule has 0 amide bonds. The van der Waals surface area contributed by atoms with Gasteiger partial charge in [-0.05, 0) is 83.3 Å². The first kappa shape index (κ1) is 26.0. The predicted octanol–water partition coefficient (Wildman–Crippen LogP) is 6.25. The molecule has 3 aromatic rings. The SMILES string of the molecule is CN(C)C12CCC(c3nnc([C@]45CN(c6ccc(C(F)(F)F)c7ncccc67)C[C@@]4(C(F)(F)F)C5)o3)(CC1)CC2. The maximum absolute atomic E-state index is 14.7. The lowest BCUT2D eigenvalue weighted by Crippen LogP contribution is -2.55. The van der Waals surface area contributed by atoms with Gasteiger partial charge in [0.25, 0.3) is 0 Å². The summed E-state index contributed by atoms with van der Waals surface area (Å²) in [4.78, 5) is 7.72. The Hall–Kier alpha value is -2.89. The number of halogens is 6.